The summed E-state index contributed by atoms with van der Waals surface area (Å²) in [5.41, 5.74) is 0. The van der Waals surface area contributed by atoms with Gasteiger partial charge in [-0.1, -0.05) is 6.92 Å². The van der Waals surface area contributed by atoms with Crippen molar-refractivity contribution in [2.24, 2.45) is 11.8 Å². The Kier molecular flexibility index (Phi) is 4.62. The third-order valence-corrected chi connectivity index (χ3v) is 2.65. The lowest BCUT2D eigenvalue weighted by Crippen LogP contribution is -2.29. The molecule has 0 aromatic heterocycles. The topological polar surface area (TPSA) is 21.3 Å². The van der Waals surface area contributed by atoms with E-state index in [-0.39, 0.29) is 0 Å². The number of hydrogen-bond donors (Lipinski definition) is 1. The molecular formula is C10H21NO. The highest BCUT2D eigenvalue weighted by atomic mass is 16.5. The van der Waals surface area contributed by atoms with Gasteiger partial charge in [0.15, 0.2) is 0 Å². The Morgan fingerprint density at radius 1 is 1.42 bits per heavy atom. The molecule has 2 nitrogen and oxygen atoms in total. The number of nitrogens with one attached hydrogen (secondary N) is 1. The van der Waals surface area contributed by atoms with E-state index in [1.54, 1.807) is 7.11 Å². The average Bonchev–Trinajstić information content (AvgIpc) is 2.06. The molecule has 0 aromatic carbocycles. The second kappa shape index (κ2) is 5.55. The molecule has 0 bridgehead atoms. The number of ether oxygens (including phenoxy) is 1. The first-order valence-electron chi connectivity index (χ1n) is 5.02. The minimum Gasteiger partial charge on any atom is -0.384 e. The Bertz CT molecular complexity index is 110. The fraction of sp³-hybridized carbons (Fsp3) is 1.00. The summed E-state index contributed by atoms with van der Waals surface area (Å²) in [5, 5.41) is 3.39. The Balaban J connectivity index is 2.11. The zero-order valence-electron chi connectivity index (χ0n) is 8.31. The molecule has 2 heteroatoms. The summed E-state index contributed by atoms with van der Waals surface area (Å²) in [6.45, 7) is 5.63. The average molecular weight is 171 g/mol. The molecule has 0 radical (unpaired) electrons. The minimum absolute atomic E-state index is 0.734. The molecule has 1 aliphatic rings. The van der Waals surface area contributed by atoms with Gasteiger partial charge in [-0.2, -0.15) is 0 Å². The smallest absolute Gasteiger partial charge is 0.0487 e. The molecule has 1 N–H and O–H groups in total. The lowest BCUT2D eigenvalue weighted by atomic mass is 9.89. The maximum absolute atomic E-state index is 5.13. The SMILES string of the molecule is COCC(C)CC1CCNCC1. The predicted molar refractivity (Wildman–Crippen MR) is 51.3 cm³/mol. The van der Waals surface area contributed by atoms with Crippen LogP contribution in [-0.4, -0.2) is 26.8 Å². The molecule has 1 heterocycles. The van der Waals surface area contributed by atoms with E-state index in [1.165, 1.54) is 32.4 Å². The van der Waals surface area contributed by atoms with E-state index >= 15 is 0 Å². The number of hydrogen-bond acceptors (Lipinski definition) is 2. The van der Waals surface area contributed by atoms with Gasteiger partial charge >= 0.3 is 0 Å². The van der Waals surface area contributed by atoms with Crippen molar-refractivity contribution in [1.82, 2.24) is 5.32 Å². The van der Waals surface area contributed by atoms with Crippen LogP contribution in [0.1, 0.15) is 26.2 Å². The van der Waals surface area contributed by atoms with Crippen molar-refractivity contribution in [2.75, 3.05) is 26.8 Å². The van der Waals surface area contributed by atoms with Crippen LogP contribution in [0.2, 0.25) is 0 Å². The van der Waals surface area contributed by atoms with Gasteiger partial charge in [-0.3, -0.25) is 0 Å². The van der Waals surface area contributed by atoms with Crippen LogP contribution in [0.5, 0.6) is 0 Å². The molecule has 1 aliphatic heterocycles. The lowest BCUT2D eigenvalue weighted by Gasteiger charge is -2.24. The zero-order chi connectivity index (χ0) is 8.81. The van der Waals surface area contributed by atoms with Crippen molar-refractivity contribution in [3.63, 3.8) is 0 Å². The van der Waals surface area contributed by atoms with Crippen molar-refractivity contribution in [3.05, 3.63) is 0 Å². The van der Waals surface area contributed by atoms with E-state index in [1.807, 2.05) is 0 Å². The van der Waals surface area contributed by atoms with Gasteiger partial charge in [0, 0.05) is 13.7 Å². The third-order valence-electron chi connectivity index (χ3n) is 2.65. The molecule has 1 atom stereocenters. The van der Waals surface area contributed by atoms with Gasteiger partial charge in [-0.15, -0.1) is 0 Å². The Labute approximate surface area is 75.7 Å². The monoisotopic (exact) mass is 171 g/mol. The molecule has 0 amide bonds. The van der Waals surface area contributed by atoms with Gasteiger partial charge in [0.25, 0.3) is 0 Å². The maximum atomic E-state index is 5.13. The fourth-order valence-corrected chi connectivity index (χ4v) is 2.04. The van der Waals surface area contributed by atoms with Gasteiger partial charge in [-0.25, -0.2) is 0 Å². The summed E-state index contributed by atoms with van der Waals surface area (Å²) in [6.07, 6.45) is 4.05. The molecule has 0 aliphatic carbocycles. The molecule has 12 heavy (non-hydrogen) atoms. The van der Waals surface area contributed by atoms with E-state index in [4.69, 9.17) is 4.74 Å². The van der Waals surface area contributed by atoms with Crippen molar-refractivity contribution >= 4 is 0 Å². The van der Waals surface area contributed by atoms with Gasteiger partial charge in [0.05, 0.1) is 0 Å². The third kappa shape index (κ3) is 3.55. The summed E-state index contributed by atoms with van der Waals surface area (Å²) < 4.78 is 5.13. The first kappa shape index (κ1) is 10.0. The summed E-state index contributed by atoms with van der Waals surface area (Å²) in [4.78, 5) is 0. The summed E-state index contributed by atoms with van der Waals surface area (Å²) >= 11 is 0. The predicted octanol–water partition coefficient (Wildman–Crippen LogP) is 1.66. The second-order valence-corrected chi connectivity index (χ2v) is 3.99. The van der Waals surface area contributed by atoms with Crippen LogP contribution in [-0.2, 0) is 4.74 Å². The minimum atomic E-state index is 0.734. The van der Waals surface area contributed by atoms with Crippen LogP contribution in [0.25, 0.3) is 0 Å². The molecule has 0 saturated carbocycles. The molecule has 1 saturated heterocycles. The Morgan fingerprint density at radius 3 is 2.67 bits per heavy atom. The lowest BCUT2D eigenvalue weighted by molar-refractivity contribution is 0.141. The Morgan fingerprint density at radius 2 is 2.08 bits per heavy atom. The zero-order valence-corrected chi connectivity index (χ0v) is 8.31. The van der Waals surface area contributed by atoms with Crippen molar-refractivity contribution in [3.8, 4) is 0 Å². The van der Waals surface area contributed by atoms with E-state index < -0.39 is 0 Å². The van der Waals surface area contributed by atoms with Gasteiger partial charge in [-0.05, 0) is 44.2 Å². The standard InChI is InChI=1S/C10H21NO/c1-9(8-12-2)7-10-3-5-11-6-4-10/h9-11H,3-8H2,1-2H3. The molecule has 0 aromatic rings. The van der Waals surface area contributed by atoms with Crippen molar-refractivity contribution < 1.29 is 4.74 Å². The molecule has 1 rings (SSSR count). The Hall–Kier alpha value is -0.0800. The van der Waals surface area contributed by atoms with E-state index in [2.05, 4.69) is 12.2 Å². The van der Waals surface area contributed by atoms with E-state index in [0.717, 1.165) is 18.4 Å². The van der Waals surface area contributed by atoms with Gasteiger partial charge in [0.2, 0.25) is 0 Å². The molecule has 0 spiro atoms. The summed E-state index contributed by atoms with van der Waals surface area (Å²) in [7, 11) is 1.79. The van der Waals surface area contributed by atoms with Crippen LogP contribution in [0.4, 0.5) is 0 Å². The maximum Gasteiger partial charge on any atom is 0.0487 e. The molecule has 1 fully saturated rings. The first-order valence-corrected chi connectivity index (χ1v) is 5.02. The normalized spacial score (nSPS) is 22.5. The summed E-state index contributed by atoms with van der Waals surface area (Å²) in [6, 6.07) is 0. The largest absolute Gasteiger partial charge is 0.384 e. The highest BCUT2D eigenvalue weighted by Gasteiger charge is 2.15. The van der Waals surface area contributed by atoms with Crippen molar-refractivity contribution in [2.45, 2.75) is 26.2 Å². The number of methoxy groups -OCH3 is 1. The van der Waals surface area contributed by atoms with Crippen LogP contribution in [0.15, 0.2) is 0 Å². The van der Waals surface area contributed by atoms with Crippen LogP contribution < -0.4 is 5.32 Å². The van der Waals surface area contributed by atoms with E-state index in [0.29, 0.717) is 0 Å². The molecule has 72 valence electrons. The van der Waals surface area contributed by atoms with Crippen molar-refractivity contribution in [1.29, 1.82) is 0 Å². The highest BCUT2D eigenvalue weighted by Crippen LogP contribution is 2.20. The fourth-order valence-electron chi connectivity index (χ4n) is 2.04. The van der Waals surface area contributed by atoms with Crippen LogP contribution in [0.3, 0.4) is 0 Å². The first-order chi connectivity index (χ1) is 5.83. The van der Waals surface area contributed by atoms with Gasteiger partial charge in [0.1, 0.15) is 0 Å². The van der Waals surface area contributed by atoms with Crippen LogP contribution in [0, 0.1) is 11.8 Å². The highest BCUT2D eigenvalue weighted by molar-refractivity contribution is 4.70. The van der Waals surface area contributed by atoms with E-state index in [9.17, 15) is 0 Å². The molecular weight excluding hydrogens is 150 g/mol. The number of piperidine rings is 1. The van der Waals surface area contributed by atoms with Crippen LogP contribution >= 0.6 is 0 Å². The summed E-state index contributed by atoms with van der Waals surface area (Å²) in [5.74, 6) is 1.68. The second-order valence-electron chi connectivity index (χ2n) is 3.99. The molecule has 1 unspecified atom stereocenters. The quantitative estimate of drug-likeness (QED) is 0.694. The number of rotatable bonds is 4. The van der Waals surface area contributed by atoms with Gasteiger partial charge < -0.3 is 10.1 Å².